The minimum atomic E-state index is -0.764. The van der Waals surface area contributed by atoms with E-state index in [1.807, 2.05) is 6.07 Å². The molecule has 1 unspecified atom stereocenters. The summed E-state index contributed by atoms with van der Waals surface area (Å²) in [7, 11) is 0. The number of benzene rings is 2. The molecule has 4 rings (SSSR count). The number of aryl methyl sites for hydroxylation is 2. The molecule has 1 amide bonds. The molecule has 2 aromatic carbocycles. The highest BCUT2D eigenvalue weighted by atomic mass is 16.5. The topological polar surface area (TPSA) is 107 Å². The van der Waals surface area contributed by atoms with E-state index in [-0.39, 0.29) is 11.4 Å². The number of anilines is 1. The standard InChI is InChI=1S/C23H27N3O4/c27-14-25-21-11-15(5-8-22(21)28)23(29)13-24-9-10-30-16-6-7-18-17-3-1-2-4-19(17)26-20(18)12-16/h5-8,11-12,14,23-24,26,28-29H,1-4,9-10,13H2,(H,25,27). The van der Waals surface area contributed by atoms with Crippen molar-refractivity contribution in [1.29, 1.82) is 0 Å². The summed E-state index contributed by atoms with van der Waals surface area (Å²) in [6.07, 6.45) is 4.50. The van der Waals surface area contributed by atoms with Crippen LogP contribution in [0.4, 0.5) is 5.69 Å². The second-order valence-electron chi connectivity index (χ2n) is 7.60. The van der Waals surface area contributed by atoms with Crippen LogP contribution >= 0.6 is 0 Å². The number of amides is 1. The molecule has 30 heavy (non-hydrogen) atoms. The summed E-state index contributed by atoms with van der Waals surface area (Å²) in [6, 6.07) is 10.8. The number of phenols is 1. The average molecular weight is 409 g/mol. The first-order valence-corrected chi connectivity index (χ1v) is 10.3. The van der Waals surface area contributed by atoms with Crippen molar-refractivity contribution in [3.8, 4) is 11.5 Å². The third-order valence-electron chi connectivity index (χ3n) is 5.57. The van der Waals surface area contributed by atoms with Gasteiger partial charge in [0, 0.05) is 35.8 Å². The Morgan fingerprint density at radius 1 is 1.17 bits per heavy atom. The number of H-pyrrole nitrogens is 1. The van der Waals surface area contributed by atoms with Crippen LogP contribution in [0.1, 0.15) is 35.8 Å². The fraction of sp³-hybridized carbons (Fsp3) is 0.348. The first-order valence-electron chi connectivity index (χ1n) is 10.3. The summed E-state index contributed by atoms with van der Waals surface area (Å²) in [5.74, 6) is 0.783. The minimum absolute atomic E-state index is 0.0423. The number of aliphatic hydroxyl groups excluding tert-OH is 1. The molecule has 0 radical (unpaired) electrons. The molecule has 0 saturated heterocycles. The number of hydrogen-bond donors (Lipinski definition) is 5. The van der Waals surface area contributed by atoms with Crippen molar-refractivity contribution < 1.29 is 19.7 Å². The summed E-state index contributed by atoms with van der Waals surface area (Å²) in [4.78, 5) is 14.1. The van der Waals surface area contributed by atoms with Crippen molar-refractivity contribution in [2.45, 2.75) is 31.8 Å². The predicted octanol–water partition coefficient (Wildman–Crippen LogP) is 3.02. The SMILES string of the molecule is O=CNc1cc(C(O)CNCCOc2ccc3c4c([nH]c3c2)CCCC4)ccc1O. The summed E-state index contributed by atoms with van der Waals surface area (Å²) in [5.41, 5.74) is 4.83. The molecular formula is C23H27N3O4. The van der Waals surface area contributed by atoms with Gasteiger partial charge in [-0.2, -0.15) is 0 Å². The average Bonchev–Trinajstić information content (AvgIpc) is 3.13. The normalized spacial score (nSPS) is 14.3. The van der Waals surface area contributed by atoms with E-state index >= 15 is 0 Å². The van der Waals surface area contributed by atoms with E-state index in [1.165, 1.54) is 35.6 Å². The van der Waals surface area contributed by atoms with Crippen LogP contribution in [0.3, 0.4) is 0 Å². The molecule has 0 bridgehead atoms. The van der Waals surface area contributed by atoms with E-state index in [2.05, 4.69) is 27.8 Å². The number of ether oxygens (including phenoxy) is 1. The summed E-state index contributed by atoms with van der Waals surface area (Å²) >= 11 is 0. The van der Waals surface area contributed by atoms with Crippen molar-refractivity contribution >= 4 is 23.0 Å². The van der Waals surface area contributed by atoms with Crippen LogP contribution < -0.4 is 15.4 Å². The third-order valence-corrected chi connectivity index (χ3v) is 5.57. The second kappa shape index (κ2) is 9.19. The number of rotatable bonds is 9. The Morgan fingerprint density at radius 3 is 2.90 bits per heavy atom. The number of carbonyl (C=O) groups excluding carboxylic acids is 1. The molecule has 0 spiro atoms. The van der Waals surface area contributed by atoms with Crippen LogP contribution in [-0.4, -0.2) is 41.3 Å². The molecule has 1 heterocycles. The summed E-state index contributed by atoms with van der Waals surface area (Å²) in [5, 5.41) is 26.9. The van der Waals surface area contributed by atoms with Crippen LogP contribution in [-0.2, 0) is 17.6 Å². The predicted molar refractivity (Wildman–Crippen MR) is 116 cm³/mol. The van der Waals surface area contributed by atoms with Gasteiger partial charge in [0.1, 0.15) is 18.1 Å². The molecule has 158 valence electrons. The highest BCUT2D eigenvalue weighted by Crippen LogP contribution is 2.31. The van der Waals surface area contributed by atoms with Gasteiger partial charge in [0.05, 0.1) is 11.8 Å². The van der Waals surface area contributed by atoms with Crippen LogP contribution in [0.5, 0.6) is 11.5 Å². The van der Waals surface area contributed by atoms with Crippen LogP contribution in [0.15, 0.2) is 36.4 Å². The van der Waals surface area contributed by atoms with Crippen molar-refractivity contribution in [3.63, 3.8) is 0 Å². The largest absolute Gasteiger partial charge is 0.506 e. The van der Waals surface area contributed by atoms with Gasteiger partial charge in [0.15, 0.2) is 0 Å². The molecule has 1 atom stereocenters. The lowest BCUT2D eigenvalue weighted by molar-refractivity contribution is -0.105. The van der Waals surface area contributed by atoms with Crippen molar-refractivity contribution in [1.82, 2.24) is 10.3 Å². The van der Waals surface area contributed by atoms with Crippen molar-refractivity contribution in [2.24, 2.45) is 0 Å². The smallest absolute Gasteiger partial charge is 0.211 e. The van der Waals surface area contributed by atoms with E-state index in [1.54, 1.807) is 12.1 Å². The number of aromatic hydroxyl groups is 1. The molecule has 1 aromatic heterocycles. The summed E-state index contributed by atoms with van der Waals surface area (Å²) in [6.45, 7) is 1.39. The zero-order valence-corrected chi connectivity index (χ0v) is 16.8. The number of hydrogen-bond acceptors (Lipinski definition) is 5. The van der Waals surface area contributed by atoms with Gasteiger partial charge in [-0.15, -0.1) is 0 Å². The van der Waals surface area contributed by atoms with Gasteiger partial charge < -0.3 is 30.6 Å². The van der Waals surface area contributed by atoms with Gasteiger partial charge in [0.2, 0.25) is 6.41 Å². The van der Waals surface area contributed by atoms with E-state index in [0.29, 0.717) is 31.7 Å². The van der Waals surface area contributed by atoms with E-state index in [4.69, 9.17) is 4.74 Å². The Morgan fingerprint density at radius 2 is 2.03 bits per heavy atom. The Bertz CT molecular complexity index is 1030. The molecule has 0 fully saturated rings. The monoisotopic (exact) mass is 409 g/mol. The molecule has 7 heteroatoms. The zero-order valence-electron chi connectivity index (χ0n) is 16.8. The quantitative estimate of drug-likeness (QED) is 0.212. The molecule has 0 saturated carbocycles. The van der Waals surface area contributed by atoms with Gasteiger partial charge in [-0.25, -0.2) is 0 Å². The zero-order chi connectivity index (χ0) is 20.9. The molecule has 0 aliphatic heterocycles. The first-order chi connectivity index (χ1) is 14.7. The Hall–Kier alpha value is -3.03. The molecule has 3 aromatic rings. The second-order valence-corrected chi connectivity index (χ2v) is 7.60. The Kier molecular flexibility index (Phi) is 6.21. The van der Waals surface area contributed by atoms with Crippen LogP contribution in [0, 0.1) is 0 Å². The van der Waals surface area contributed by atoms with Gasteiger partial charge in [0.25, 0.3) is 0 Å². The lowest BCUT2D eigenvalue weighted by Gasteiger charge is -2.14. The van der Waals surface area contributed by atoms with Crippen molar-refractivity contribution in [3.05, 3.63) is 53.2 Å². The third kappa shape index (κ3) is 4.42. The molecule has 5 N–H and O–H groups in total. The maximum absolute atomic E-state index is 10.6. The number of aliphatic hydroxyl groups is 1. The van der Waals surface area contributed by atoms with Gasteiger partial charge >= 0.3 is 0 Å². The number of fused-ring (bicyclic) bond motifs is 3. The number of aromatic amines is 1. The molecule has 1 aliphatic rings. The van der Waals surface area contributed by atoms with Gasteiger partial charge in [-0.05, 0) is 61.1 Å². The fourth-order valence-electron chi connectivity index (χ4n) is 4.02. The lowest BCUT2D eigenvalue weighted by Crippen LogP contribution is -2.26. The maximum Gasteiger partial charge on any atom is 0.211 e. The summed E-state index contributed by atoms with van der Waals surface area (Å²) < 4.78 is 5.85. The number of aromatic nitrogens is 1. The van der Waals surface area contributed by atoms with E-state index < -0.39 is 6.10 Å². The van der Waals surface area contributed by atoms with Gasteiger partial charge in [-0.1, -0.05) is 6.07 Å². The highest BCUT2D eigenvalue weighted by molar-refractivity contribution is 5.86. The number of carbonyl (C=O) groups is 1. The highest BCUT2D eigenvalue weighted by Gasteiger charge is 2.15. The van der Waals surface area contributed by atoms with Gasteiger partial charge in [-0.3, -0.25) is 4.79 Å². The first kappa shape index (κ1) is 20.3. The molecule has 1 aliphatic carbocycles. The minimum Gasteiger partial charge on any atom is -0.506 e. The fourth-order valence-corrected chi connectivity index (χ4v) is 4.02. The lowest BCUT2D eigenvalue weighted by atomic mass is 9.96. The Labute approximate surface area is 175 Å². The molecule has 7 nitrogen and oxygen atoms in total. The van der Waals surface area contributed by atoms with Crippen LogP contribution in [0.2, 0.25) is 0 Å². The molecular weight excluding hydrogens is 382 g/mol. The van der Waals surface area contributed by atoms with Crippen LogP contribution in [0.25, 0.3) is 10.9 Å². The van der Waals surface area contributed by atoms with Crippen molar-refractivity contribution in [2.75, 3.05) is 25.0 Å². The number of phenolic OH excluding ortho intramolecular Hbond substituents is 1. The number of nitrogens with one attached hydrogen (secondary N) is 3. The van der Waals surface area contributed by atoms with E-state index in [9.17, 15) is 15.0 Å². The van der Waals surface area contributed by atoms with E-state index in [0.717, 1.165) is 24.1 Å². The Balaban J connectivity index is 1.26. The maximum atomic E-state index is 10.6.